The minimum absolute atomic E-state index is 0.0933. The molecule has 96 valence electrons. The number of hydrogen-bond donors (Lipinski definition) is 2. The van der Waals surface area contributed by atoms with Crippen molar-refractivity contribution in [3.05, 3.63) is 34.3 Å². The van der Waals surface area contributed by atoms with E-state index in [9.17, 15) is 4.79 Å². The van der Waals surface area contributed by atoms with E-state index in [-0.39, 0.29) is 11.9 Å². The molecule has 1 amide bonds. The fourth-order valence-corrected chi connectivity index (χ4v) is 2.10. The van der Waals surface area contributed by atoms with Crippen LogP contribution in [0.1, 0.15) is 11.6 Å². The molecule has 5 nitrogen and oxygen atoms in total. The third-order valence-electron chi connectivity index (χ3n) is 2.53. The van der Waals surface area contributed by atoms with Gasteiger partial charge in [0.1, 0.15) is 6.04 Å². The number of hydrogen-bond acceptors (Lipinski definition) is 3. The first-order valence-corrected chi connectivity index (χ1v) is 6.36. The zero-order valence-electron chi connectivity index (χ0n) is 9.94. The zero-order valence-corrected chi connectivity index (χ0v) is 11.5. The fraction of sp³-hybridized carbons (Fsp3) is 0.333. The second kappa shape index (κ2) is 5.97. The summed E-state index contributed by atoms with van der Waals surface area (Å²) >= 11 is 3.39. The van der Waals surface area contributed by atoms with Crippen molar-refractivity contribution in [3.63, 3.8) is 0 Å². The Kier molecular flexibility index (Phi) is 4.33. The minimum atomic E-state index is -0.385. The molecule has 0 spiro atoms. The van der Waals surface area contributed by atoms with E-state index in [1.165, 1.54) is 0 Å². The van der Waals surface area contributed by atoms with Crippen molar-refractivity contribution < 1.29 is 9.53 Å². The van der Waals surface area contributed by atoms with Crippen molar-refractivity contribution in [2.75, 3.05) is 20.3 Å². The highest BCUT2D eigenvalue weighted by Crippen LogP contribution is 2.20. The van der Waals surface area contributed by atoms with Gasteiger partial charge in [-0.3, -0.25) is 15.1 Å². The Labute approximate surface area is 114 Å². The second-order valence-electron chi connectivity index (χ2n) is 3.84. The Balaban J connectivity index is 2.07. The van der Waals surface area contributed by atoms with Crippen molar-refractivity contribution >= 4 is 27.8 Å². The fourth-order valence-electron chi connectivity index (χ4n) is 1.68. The lowest BCUT2D eigenvalue weighted by Gasteiger charge is -2.08. The number of amides is 1. The summed E-state index contributed by atoms with van der Waals surface area (Å²) in [5.74, 6) is 0.409. The lowest BCUT2D eigenvalue weighted by atomic mass is 10.1. The number of halogens is 1. The number of ether oxygens (including phenoxy) is 1. The van der Waals surface area contributed by atoms with Crippen LogP contribution in [-0.2, 0) is 9.53 Å². The molecule has 1 aromatic carbocycles. The van der Waals surface area contributed by atoms with Crippen LogP contribution in [0, 0.1) is 0 Å². The van der Waals surface area contributed by atoms with Crippen LogP contribution in [0.15, 0.2) is 33.7 Å². The molecule has 1 aromatic rings. The smallest absolute Gasteiger partial charge is 0.253 e. The van der Waals surface area contributed by atoms with E-state index >= 15 is 0 Å². The molecule has 0 radical (unpaired) electrons. The molecule has 18 heavy (non-hydrogen) atoms. The normalized spacial score (nSPS) is 20.9. The topological polar surface area (TPSA) is 62.7 Å². The summed E-state index contributed by atoms with van der Waals surface area (Å²) in [4.78, 5) is 16.0. The molecule has 1 atom stereocenters. The summed E-state index contributed by atoms with van der Waals surface area (Å²) in [6, 6.07) is 7.25. The number of benzene rings is 1. The van der Waals surface area contributed by atoms with Crippen LogP contribution in [0.5, 0.6) is 0 Å². The number of nitrogens with zero attached hydrogens (tertiary/aromatic N) is 1. The number of guanidine groups is 1. The van der Waals surface area contributed by atoms with E-state index in [0.29, 0.717) is 19.1 Å². The molecule has 1 saturated heterocycles. The van der Waals surface area contributed by atoms with Gasteiger partial charge in [0.05, 0.1) is 13.2 Å². The van der Waals surface area contributed by atoms with Crippen LogP contribution in [0.25, 0.3) is 0 Å². The van der Waals surface area contributed by atoms with Gasteiger partial charge in [0.25, 0.3) is 5.91 Å². The summed E-state index contributed by atoms with van der Waals surface area (Å²) in [7, 11) is 1.62. The van der Waals surface area contributed by atoms with Gasteiger partial charge in [-0.25, -0.2) is 0 Å². The molecule has 0 aliphatic carbocycles. The maximum atomic E-state index is 11.8. The van der Waals surface area contributed by atoms with E-state index < -0.39 is 0 Å². The summed E-state index contributed by atoms with van der Waals surface area (Å²) in [5.41, 5.74) is 0.902. The second-order valence-corrected chi connectivity index (χ2v) is 4.76. The highest BCUT2D eigenvalue weighted by molar-refractivity contribution is 9.10. The molecular weight excluding hydrogens is 298 g/mol. The number of methoxy groups -OCH3 is 1. The molecular formula is C12H14BrN3O2. The Bertz CT molecular complexity index is 476. The first kappa shape index (κ1) is 13.0. The highest BCUT2D eigenvalue weighted by atomic mass is 79.9. The number of carbonyl (C=O) groups excluding carboxylic acids is 1. The first-order chi connectivity index (χ1) is 8.70. The van der Waals surface area contributed by atoms with Crippen molar-refractivity contribution in [3.8, 4) is 0 Å². The maximum absolute atomic E-state index is 11.8. The minimum Gasteiger partial charge on any atom is -0.383 e. The van der Waals surface area contributed by atoms with Gasteiger partial charge in [-0.05, 0) is 17.7 Å². The molecule has 1 heterocycles. The molecule has 2 N–H and O–H groups in total. The first-order valence-electron chi connectivity index (χ1n) is 5.57. The summed E-state index contributed by atoms with van der Waals surface area (Å²) in [6.45, 7) is 1.05. The van der Waals surface area contributed by atoms with E-state index in [4.69, 9.17) is 4.74 Å². The molecule has 1 aliphatic rings. The van der Waals surface area contributed by atoms with Gasteiger partial charge in [-0.1, -0.05) is 28.1 Å². The monoisotopic (exact) mass is 311 g/mol. The molecule has 0 aromatic heterocycles. The molecule has 1 fully saturated rings. The Morgan fingerprint density at radius 3 is 3.06 bits per heavy atom. The van der Waals surface area contributed by atoms with Crippen molar-refractivity contribution in [1.29, 1.82) is 0 Å². The lowest BCUT2D eigenvalue weighted by molar-refractivity contribution is -0.120. The van der Waals surface area contributed by atoms with Gasteiger partial charge >= 0.3 is 0 Å². The van der Waals surface area contributed by atoms with Crippen molar-refractivity contribution in [2.45, 2.75) is 6.04 Å². The van der Waals surface area contributed by atoms with Gasteiger partial charge in [-0.2, -0.15) is 0 Å². The lowest BCUT2D eigenvalue weighted by Crippen LogP contribution is -2.26. The summed E-state index contributed by atoms with van der Waals surface area (Å²) in [5, 5.41) is 5.77. The van der Waals surface area contributed by atoms with Crippen LogP contribution < -0.4 is 10.6 Å². The Hall–Kier alpha value is -1.40. The SMILES string of the molecule is COCCN=C1NC(=O)C(c2cccc(Br)c2)N1. The number of aliphatic imine (C=N–C) groups is 1. The average Bonchev–Trinajstić information content (AvgIpc) is 2.71. The summed E-state index contributed by atoms with van der Waals surface area (Å²) in [6.07, 6.45) is 0. The third-order valence-corrected chi connectivity index (χ3v) is 3.03. The molecule has 0 saturated carbocycles. The third kappa shape index (κ3) is 3.08. The average molecular weight is 312 g/mol. The van der Waals surface area contributed by atoms with E-state index in [1.807, 2.05) is 24.3 Å². The van der Waals surface area contributed by atoms with Crippen molar-refractivity contribution in [1.82, 2.24) is 10.6 Å². The van der Waals surface area contributed by atoms with Gasteiger partial charge < -0.3 is 10.1 Å². The Morgan fingerprint density at radius 2 is 2.33 bits per heavy atom. The van der Waals surface area contributed by atoms with Crippen LogP contribution in [0.2, 0.25) is 0 Å². The maximum Gasteiger partial charge on any atom is 0.253 e. The van der Waals surface area contributed by atoms with Crippen LogP contribution >= 0.6 is 15.9 Å². The molecule has 1 unspecified atom stereocenters. The molecule has 1 aliphatic heterocycles. The predicted molar refractivity (Wildman–Crippen MR) is 72.3 cm³/mol. The largest absolute Gasteiger partial charge is 0.383 e. The predicted octanol–water partition coefficient (Wildman–Crippen LogP) is 1.21. The van der Waals surface area contributed by atoms with Crippen LogP contribution in [0.4, 0.5) is 0 Å². The molecule has 0 bridgehead atoms. The van der Waals surface area contributed by atoms with E-state index in [0.717, 1.165) is 10.0 Å². The van der Waals surface area contributed by atoms with Gasteiger partial charge in [0.2, 0.25) is 0 Å². The number of carbonyl (C=O) groups is 1. The number of nitrogens with one attached hydrogen (secondary N) is 2. The van der Waals surface area contributed by atoms with Crippen molar-refractivity contribution in [2.24, 2.45) is 4.99 Å². The zero-order chi connectivity index (χ0) is 13.0. The highest BCUT2D eigenvalue weighted by Gasteiger charge is 2.29. The quantitative estimate of drug-likeness (QED) is 0.822. The standard InChI is InChI=1S/C12H14BrN3O2/c1-18-6-5-14-12-15-10(11(17)16-12)8-3-2-4-9(13)7-8/h2-4,7,10H,5-6H2,1H3,(H2,14,15,16,17). The van der Waals surface area contributed by atoms with Crippen LogP contribution in [-0.4, -0.2) is 32.1 Å². The molecule has 6 heteroatoms. The van der Waals surface area contributed by atoms with Gasteiger partial charge in [0, 0.05) is 11.6 Å². The van der Waals surface area contributed by atoms with E-state index in [2.05, 4.69) is 31.6 Å². The van der Waals surface area contributed by atoms with E-state index in [1.54, 1.807) is 7.11 Å². The van der Waals surface area contributed by atoms with Gasteiger partial charge in [-0.15, -0.1) is 0 Å². The Morgan fingerprint density at radius 1 is 1.50 bits per heavy atom. The summed E-state index contributed by atoms with van der Waals surface area (Å²) < 4.78 is 5.85. The van der Waals surface area contributed by atoms with Gasteiger partial charge in [0.15, 0.2) is 5.96 Å². The number of rotatable bonds is 4. The van der Waals surface area contributed by atoms with Crippen LogP contribution in [0.3, 0.4) is 0 Å². The molecule has 2 rings (SSSR count).